The largest absolute Gasteiger partial charge is 0.456 e. The maximum Gasteiger partial charge on any atom is 0.342 e. The Hall–Kier alpha value is -3.92. The van der Waals surface area contributed by atoms with Crippen molar-refractivity contribution in [1.29, 1.82) is 0 Å². The summed E-state index contributed by atoms with van der Waals surface area (Å²) < 4.78 is 11.1. The highest BCUT2D eigenvalue weighted by molar-refractivity contribution is 6.09. The standard InChI is InChI=1S/C25H18O4/c26-23(21-15-8-10-18-9-4-5-13-20(18)21)17-28-25(27)22-14-6-7-16-24(22)29-19-11-2-1-3-12-19/h1-16H,17H2. The van der Waals surface area contributed by atoms with E-state index in [-0.39, 0.29) is 18.0 Å². The van der Waals surface area contributed by atoms with Gasteiger partial charge in [0.15, 0.2) is 6.61 Å². The van der Waals surface area contributed by atoms with Gasteiger partial charge >= 0.3 is 5.97 Å². The molecule has 0 spiro atoms. The number of rotatable bonds is 6. The predicted octanol–water partition coefficient (Wildman–Crippen LogP) is 5.67. The van der Waals surface area contributed by atoms with Crippen LogP contribution in [-0.4, -0.2) is 18.4 Å². The van der Waals surface area contributed by atoms with E-state index in [9.17, 15) is 9.59 Å². The Balaban J connectivity index is 1.49. The van der Waals surface area contributed by atoms with Crippen LogP contribution in [0.5, 0.6) is 11.5 Å². The summed E-state index contributed by atoms with van der Waals surface area (Å²) >= 11 is 0. The van der Waals surface area contributed by atoms with Crippen LogP contribution in [-0.2, 0) is 4.74 Å². The summed E-state index contributed by atoms with van der Waals surface area (Å²) in [7, 11) is 0. The fourth-order valence-corrected chi connectivity index (χ4v) is 3.09. The molecule has 29 heavy (non-hydrogen) atoms. The Morgan fingerprint density at radius 2 is 1.31 bits per heavy atom. The van der Waals surface area contributed by atoms with Gasteiger partial charge in [-0.25, -0.2) is 4.79 Å². The van der Waals surface area contributed by atoms with Crippen LogP contribution in [0, 0.1) is 0 Å². The van der Waals surface area contributed by atoms with E-state index in [1.165, 1.54) is 0 Å². The molecule has 0 amide bonds. The van der Waals surface area contributed by atoms with Crippen molar-refractivity contribution in [3.05, 3.63) is 108 Å². The van der Waals surface area contributed by atoms with Crippen molar-refractivity contribution in [2.24, 2.45) is 0 Å². The van der Waals surface area contributed by atoms with Gasteiger partial charge in [0.05, 0.1) is 0 Å². The zero-order valence-corrected chi connectivity index (χ0v) is 15.6. The SMILES string of the molecule is O=C(OCC(=O)c1cccc2ccccc12)c1ccccc1Oc1ccccc1. The van der Waals surface area contributed by atoms with Crippen LogP contribution in [0.2, 0.25) is 0 Å². The van der Waals surface area contributed by atoms with E-state index in [0.29, 0.717) is 17.1 Å². The molecule has 0 atom stereocenters. The summed E-state index contributed by atoms with van der Waals surface area (Å²) in [5.74, 6) is 0.127. The summed E-state index contributed by atoms with van der Waals surface area (Å²) in [5, 5.41) is 1.80. The van der Waals surface area contributed by atoms with E-state index < -0.39 is 5.97 Å². The average molecular weight is 382 g/mol. The van der Waals surface area contributed by atoms with Crippen molar-refractivity contribution >= 4 is 22.5 Å². The highest BCUT2D eigenvalue weighted by Gasteiger charge is 2.17. The molecule has 4 rings (SSSR count). The number of esters is 1. The Morgan fingerprint density at radius 1 is 0.655 bits per heavy atom. The van der Waals surface area contributed by atoms with Gasteiger partial charge in [-0.1, -0.05) is 72.8 Å². The van der Waals surface area contributed by atoms with Crippen molar-refractivity contribution < 1.29 is 19.1 Å². The topological polar surface area (TPSA) is 52.6 Å². The molecule has 0 aliphatic carbocycles. The number of hydrogen-bond donors (Lipinski definition) is 0. The van der Waals surface area contributed by atoms with E-state index >= 15 is 0 Å². The second-order valence-electron chi connectivity index (χ2n) is 6.44. The van der Waals surface area contributed by atoms with Crippen LogP contribution < -0.4 is 4.74 Å². The van der Waals surface area contributed by atoms with Crippen LogP contribution in [0.3, 0.4) is 0 Å². The van der Waals surface area contributed by atoms with E-state index in [2.05, 4.69) is 0 Å². The van der Waals surface area contributed by atoms with Gasteiger partial charge in [0.1, 0.15) is 17.1 Å². The monoisotopic (exact) mass is 382 g/mol. The molecule has 0 aliphatic heterocycles. The van der Waals surface area contributed by atoms with E-state index in [1.807, 2.05) is 54.6 Å². The molecule has 0 aliphatic rings. The number of carbonyl (C=O) groups is 2. The molecule has 0 radical (unpaired) electrons. The molecule has 4 heteroatoms. The number of fused-ring (bicyclic) bond motifs is 1. The van der Waals surface area contributed by atoms with Crippen LogP contribution in [0.25, 0.3) is 10.8 Å². The first kappa shape index (κ1) is 18.4. The molecule has 0 unspecified atom stereocenters. The molecule has 0 saturated carbocycles. The van der Waals surface area contributed by atoms with Crippen molar-refractivity contribution in [2.45, 2.75) is 0 Å². The normalized spacial score (nSPS) is 10.5. The quantitative estimate of drug-likeness (QED) is 0.318. The summed E-state index contributed by atoms with van der Waals surface area (Å²) in [6.45, 7) is -0.341. The minimum absolute atomic E-state index is 0.253. The molecular weight excluding hydrogens is 364 g/mol. The molecule has 4 aromatic carbocycles. The molecule has 4 aromatic rings. The molecule has 4 nitrogen and oxygen atoms in total. The third-order valence-electron chi connectivity index (χ3n) is 4.50. The summed E-state index contributed by atoms with van der Waals surface area (Å²) in [5.41, 5.74) is 0.798. The zero-order chi connectivity index (χ0) is 20.1. The van der Waals surface area contributed by atoms with Gasteiger partial charge in [-0.15, -0.1) is 0 Å². The van der Waals surface area contributed by atoms with Gasteiger partial charge in [0.2, 0.25) is 5.78 Å². The molecule has 0 saturated heterocycles. The first-order valence-corrected chi connectivity index (χ1v) is 9.22. The number of ketones is 1. The van der Waals surface area contributed by atoms with E-state index in [1.54, 1.807) is 42.5 Å². The fourth-order valence-electron chi connectivity index (χ4n) is 3.09. The van der Waals surface area contributed by atoms with Gasteiger partial charge in [0.25, 0.3) is 0 Å². The fraction of sp³-hybridized carbons (Fsp3) is 0.0400. The molecule has 0 bridgehead atoms. The number of hydrogen-bond acceptors (Lipinski definition) is 4. The average Bonchev–Trinajstić information content (AvgIpc) is 2.78. The minimum atomic E-state index is -0.606. The van der Waals surface area contributed by atoms with Gasteiger partial charge < -0.3 is 9.47 Å². The lowest BCUT2D eigenvalue weighted by atomic mass is 10.0. The van der Waals surface area contributed by atoms with Crippen LogP contribution >= 0.6 is 0 Å². The molecule has 142 valence electrons. The third-order valence-corrected chi connectivity index (χ3v) is 4.50. The van der Waals surface area contributed by atoms with Gasteiger partial charge in [0, 0.05) is 5.56 Å². The molecule has 0 N–H and O–H groups in total. The maximum absolute atomic E-state index is 12.7. The third kappa shape index (κ3) is 4.17. The molecule has 0 heterocycles. The summed E-state index contributed by atoms with van der Waals surface area (Å²) in [4.78, 5) is 25.3. The Labute approximate surface area is 168 Å². The first-order chi connectivity index (χ1) is 14.2. The highest BCUT2D eigenvalue weighted by Crippen LogP contribution is 2.26. The van der Waals surface area contributed by atoms with E-state index in [4.69, 9.17) is 9.47 Å². The Kier molecular flexibility index (Phi) is 5.34. The van der Waals surface area contributed by atoms with Crippen molar-refractivity contribution in [2.75, 3.05) is 6.61 Å². The van der Waals surface area contributed by atoms with Crippen molar-refractivity contribution in [1.82, 2.24) is 0 Å². The zero-order valence-electron chi connectivity index (χ0n) is 15.6. The number of benzene rings is 4. The number of Topliss-reactive ketones (excluding diaryl/α,β-unsaturated/α-hetero) is 1. The highest BCUT2D eigenvalue weighted by atomic mass is 16.5. The summed E-state index contributed by atoms with van der Waals surface area (Å²) in [6.07, 6.45) is 0. The molecule has 0 aromatic heterocycles. The number of carbonyl (C=O) groups excluding carboxylic acids is 2. The molecular formula is C25H18O4. The maximum atomic E-state index is 12.7. The van der Waals surface area contributed by atoms with Gasteiger partial charge in [-0.05, 0) is 35.0 Å². The lowest BCUT2D eigenvalue weighted by Gasteiger charge is -2.11. The van der Waals surface area contributed by atoms with Crippen LogP contribution in [0.15, 0.2) is 97.1 Å². The minimum Gasteiger partial charge on any atom is -0.456 e. The lowest BCUT2D eigenvalue weighted by Crippen LogP contribution is -2.15. The van der Waals surface area contributed by atoms with Gasteiger partial charge in [-0.2, -0.15) is 0 Å². The Morgan fingerprint density at radius 3 is 2.17 bits per heavy atom. The van der Waals surface area contributed by atoms with Crippen LogP contribution in [0.4, 0.5) is 0 Å². The number of para-hydroxylation sites is 2. The first-order valence-electron chi connectivity index (χ1n) is 9.22. The van der Waals surface area contributed by atoms with Crippen molar-refractivity contribution in [3.8, 4) is 11.5 Å². The number of ether oxygens (including phenoxy) is 2. The summed E-state index contributed by atoms with van der Waals surface area (Å²) in [6, 6.07) is 29.1. The Bertz CT molecular complexity index is 1160. The molecule has 0 fully saturated rings. The second kappa shape index (κ2) is 8.40. The smallest absolute Gasteiger partial charge is 0.342 e. The van der Waals surface area contributed by atoms with Gasteiger partial charge in [-0.3, -0.25) is 4.79 Å². The second-order valence-corrected chi connectivity index (χ2v) is 6.44. The lowest BCUT2D eigenvalue weighted by molar-refractivity contribution is 0.0472. The van der Waals surface area contributed by atoms with Crippen molar-refractivity contribution in [3.63, 3.8) is 0 Å². The van der Waals surface area contributed by atoms with Crippen LogP contribution in [0.1, 0.15) is 20.7 Å². The van der Waals surface area contributed by atoms with E-state index in [0.717, 1.165) is 10.8 Å². The predicted molar refractivity (Wildman–Crippen MR) is 112 cm³/mol.